The highest BCUT2D eigenvalue weighted by Crippen LogP contribution is 2.43. The van der Waals surface area contributed by atoms with Crippen molar-refractivity contribution in [2.24, 2.45) is 5.92 Å². The number of rotatable bonds is 4. The van der Waals surface area contributed by atoms with Gasteiger partial charge in [-0.05, 0) is 41.8 Å². The summed E-state index contributed by atoms with van der Waals surface area (Å²) in [6.45, 7) is -0.219. The van der Waals surface area contributed by atoms with Gasteiger partial charge in [0.2, 0.25) is 5.91 Å². The second-order valence-corrected chi connectivity index (χ2v) is 8.42. The number of alkyl halides is 3. The highest BCUT2D eigenvalue weighted by atomic mass is 19.4. The maximum atomic E-state index is 14.1. The van der Waals surface area contributed by atoms with E-state index in [2.05, 4.69) is 10.1 Å². The second-order valence-electron chi connectivity index (χ2n) is 8.42. The van der Waals surface area contributed by atoms with Gasteiger partial charge >= 0.3 is 12.4 Å². The molecule has 1 fully saturated rings. The number of carbonyl (C=O) groups excluding carboxylic acids is 2. The number of likely N-dealkylation sites (tertiary alicyclic amines) is 1. The first-order valence-corrected chi connectivity index (χ1v) is 10.5. The van der Waals surface area contributed by atoms with Crippen molar-refractivity contribution in [1.29, 1.82) is 0 Å². The molecule has 1 N–H and O–H groups in total. The molecule has 34 heavy (non-hydrogen) atoms. The maximum absolute atomic E-state index is 14.1. The van der Waals surface area contributed by atoms with Gasteiger partial charge in [-0.2, -0.15) is 0 Å². The molecule has 1 saturated heterocycles. The third-order valence-corrected chi connectivity index (χ3v) is 6.28. The van der Waals surface area contributed by atoms with Gasteiger partial charge in [-0.25, -0.2) is 13.6 Å². The highest BCUT2D eigenvalue weighted by molar-refractivity contribution is 5.95. The van der Waals surface area contributed by atoms with Gasteiger partial charge in [-0.3, -0.25) is 4.79 Å². The summed E-state index contributed by atoms with van der Waals surface area (Å²) in [4.78, 5) is 28.0. The Morgan fingerprint density at radius 1 is 1.18 bits per heavy atom. The van der Waals surface area contributed by atoms with E-state index >= 15 is 0 Å². The molecule has 2 heterocycles. The number of anilines is 1. The predicted octanol–water partition coefficient (Wildman–Crippen LogP) is 4.53. The summed E-state index contributed by atoms with van der Waals surface area (Å²) in [6.07, 6.45) is -2.35. The fourth-order valence-corrected chi connectivity index (χ4v) is 4.79. The first kappa shape index (κ1) is 22.2. The van der Waals surface area contributed by atoms with Crippen LogP contribution < -0.4 is 10.1 Å². The molecule has 2 aromatic rings. The van der Waals surface area contributed by atoms with Crippen LogP contribution in [0, 0.1) is 17.6 Å². The number of hydrogen-bond acceptors (Lipinski definition) is 3. The van der Waals surface area contributed by atoms with E-state index in [0.717, 1.165) is 16.5 Å². The van der Waals surface area contributed by atoms with Crippen molar-refractivity contribution in [3.8, 4) is 5.75 Å². The lowest BCUT2D eigenvalue weighted by Gasteiger charge is -2.32. The van der Waals surface area contributed by atoms with E-state index in [4.69, 9.17) is 0 Å². The topological polar surface area (TPSA) is 61.9 Å². The molecule has 0 radical (unpaired) electrons. The van der Waals surface area contributed by atoms with Crippen LogP contribution in [0.1, 0.15) is 17.5 Å². The van der Waals surface area contributed by atoms with Crippen LogP contribution in [0.3, 0.4) is 0 Å². The van der Waals surface area contributed by atoms with Crippen LogP contribution >= 0.6 is 0 Å². The molecule has 2 aromatic carbocycles. The van der Waals surface area contributed by atoms with Crippen LogP contribution in [0.4, 0.5) is 32.4 Å². The third kappa shape index (κ3) is 4.06. The lowest BCUT2D eigenvalue weighted by atomic mass is 9.95. The van der Waals surface area contributed by atoms with Crippen LogP contribution in [-0.2, 0) is 11.3 Å². The Labute approximate surface area is 190 Å². The summed E-state index contributed by atoms with van der Waals surface area (Å²) in [7, 11) is 0. The smallest absolute Gasteiger partial charge is 0.406 e. The number of halogens is 5. The predicted molar refractivity (Wildman–Crippen MR) is 110 cm³/mol. The molecule has 2 atom stereocenters. The van der Waals surface area contributed by atoms with Gasteiger partial charge in [0.15, 0.2) is 11.6 Å². The van der Waals surface area contributed by atoms with Gasteiger partial charge in [-0.15, -0.1) is 13.2 Å². The fourth-order valence-electron chi connectivity index (χ4n) is 4.79. The molecular formula is C23H18F5N3O3. The minimum atomic E-state index is -4.79. The molecule has 2 bridgehead atoms. The van der Waals surface area contributed by atoms with Crippen LogP contribution in [0.2, 0.25) is 0 Å². The molecule has 0 spiro atoms. The first-order chi connectivity index (χ1) is 16.1. The van der Waals surface area contributed by atoms with Crippen LogP contribution in [0.25, 0.3) is 5.57 Å². The van der Waals surface area contributed by atoms with Crippen molar-refractivity contribution in [2.75, 3.05) is 18.4 Å². The van der Waals surface area contributed by atoms with E-state index in [9.17, 15) is 31.5 Å². The van der Waals surface area contributed by atoms with Gasteiger partial charge in [0.05, 0.1) is 18.3 Å². The van der Waals surface area contributed by atoms with Crippen LogP contribution in [0.15, 0.2) is 42.5 Å². The molecule has 11 heteroatoms. The molecule has 3 aliphatic rings. The van der Waals surface area contributed by atoms with Crippen molar-refractivity contribution < 1.29 is 36.3 Å². The Bertz CT molecular complexity index is 1210. The Balaban J connectivity index is 1.28. The summed E-state index contributed by atoms with van der Waals surface area (Å²) in [5.41, 5.74) is 1.56. The number of urea groups is 1. The van der Waals surface area contributed by atoms with Gasteiger partial charge in [0.25, 0.3) is 0 Å². The lowest BCUT2D eigenvalue weighted by Crippen LogP contribution is -2.47. The minimum Gasteiger partial charge on any atom is -0.406 e. The number of nitrogens with zero attached hydrogens (tertiary/aromatic N) is 2. The molecule has 3 amide bonds. The minimum absolute atomic E-state index is 0.0292. The molecule has 178 valence electrons. The van der Waals surface area contributed by atoms with Crippen molar-refractivity contribution >= 4 is 23.2 Å². The Morgan fingerprint density at radius 2 is 1.97 bits per heavy atom. The zero-order chi connectivity index (χ0) is 24.2. The zero-order valence-corrected chi connectivity index (χ0v) is 17.5. The Hall–Kier alpha value is -3.63. The summed E-state index contributed by atoms with van der Waals surface area (Å²) in [5.74, 6) is -2.86. The second kappa shape index (κ2) is 8.00. The van der Waals surface area contributed by atoms with Gasteiger partial charge < -0.3 is 19.9 Å². The van der Waals surface area contributed by atoms with E-state index < -0.39 is 24.0 Å². The molecule has 5 rings (SSSR count). The number of ether oxygens (including phenoxy) is 1. The van der Waals surface area contributed by atoms with Gasteiger partial charge in [-0.1, -0.05) is 18.2 Å². The molecule has 0 saturated carbocycles. The number of benzene rings is 2. The van der Waals surface area contributed by atoms with Crippen molar-refractivity contribution in [2.45, 2.75) is 25.4 Å². The average Bonchev–Trinajstić information content (AvgIpc) is 3.38. The van der Waals surface area contributed by atoms with Crippen LogP contribution in [-0.4, -0.2) is 47.2 Å². The number of hydrogen-bond donors (Lipinski definition) is 1. The van der Waals surface area contributed by atoms with E-state index in [0.29, 0.717) is 18.5 Å². The molecule has 0 aromatic heterocycles. The van der Waals surface area contributed by atoms with E-state index in [1.807, 2.05) is 6.08 Å². The van der Waals surface area contributed by atoms with Crippen LogP contribution in [0.5, 0.6) is 5.75 Å². The molecule has 0 unspecified atom stereocenters. The quantitative estimate of drug-likeness (QED) is 0.656. The number of carbonyl (C=O) groups is 2. The van der Waals surface area contributed by atoms with E-state index in [-0.39, 0.29) is 48.0 Å². The summed E-state index contributed by atoms with van der Waals surface area (Å²) in [6, 6.07) is 7.03. The molecule has 6 nitrogen and oxygen atoms in total. The van der Waals surface area contributed by atoms with Gasteiger partial charge in [0, 0.05) is 18.0 Å². The van der Waals surface area contributed by atoms with Crippen molar-refractivity contribution in [3.05, 3.63) is 65.2 Å². The van der Waals surface area contributed by atoms with Crippen molar-refractivity contribution in [1.82, 2.24) is 9.80 Å². The zero-order valence-electron chi connectivity index (χ0n) is 17.5. The number of amides is 3. The average molecular weight is 479 g/mol. The third-order valence-electron chi connectivity index (χ3n) is 6.28. The summed E-state index contributed by atoms with van der Waals surface area (Å²) in [5, 5.41) is 2.46. The highest BCUT2D eigenvalue weighted by Gasteiger charge is 2.42. The monoisotopic (exact) mass is 479 g/mol. The molecule has 1 aliphatic carbocycles. The Kier molecular flexibility index (Phi) is 5.22. The lowest BCUT2D eigenvalue weighted by molar-refractivity contribution is -0.274. The fraction of sp³-hybridized carbons (Fsp3) is 0.304. The number of fused-ring (bicyclic) bond motifs is 3. The van der Waals surface area contributed by atoms with Crippen molar-refractivity contribution in [3.63, 3.8) is 0 Å². The number of nitrogens with one attached hydrogen (secondary N) is 1. The van der Waals surface area contributed by atoms with E-state index in [1.54, 1.807) is 11.0 Å². The maximum Gasteiger partial charge on any atom is 0.573 e. The SMILES string of the molecule is O=C1Nc2ccc(F)c(F)c2CN1CC(=O)N1C[C@@H]2C[C@H]1C=C2c1cccc(OC(F)(F)F)c1. The standard InChI is InChI=1S/C23H18F5N3O3/c24-18-4-5-19-17(21(18)25)10-30(22(33)29-19)11-20(32)31-9-13-6-14(31)8-16(13)12-2-1-3-15(7-12)34-23(26,27)28/h1-5,7-8,13-14H,6,9-11H2,(H,29,33)/t13-,14-/m0/s1. The van der Waals surface area contributed by atoms with Gasteiger partial charge in [0.1, 0.15) is 12.3 Å². The first-order valence-electron chi connectivity index (χ1n) is 10.5. The normalized spacial score (nSPS) is 21.3. The summed E-state index contributed by atoms with van der Waals surface area (Å²) >= 11 is 0. The summed E-state index contributed by atoms with van der Waals surface area (Å²) < 4.78 is 69.3. The molecular weight excluding hydrogens is 461 g/mol. The molecule has 2 aliphatic heterocycles. The largest absolute Gasteiger partial charge is 0.573 e. The van der Waals surface area contributed by atoms with E-state index in [1.165, 1.54) is 24.3 Å². The Morgan fingerprint density at radius 3 is 2.68 bits per heavy atom.